The Bertz CT molecular complexity index is 424. The van der Waals surface area contributed by atoms with Gasteiger partial charge < -0.3 is 9.80 Å². The van der Waals surface area contributed by atoms with Crippen LogP contribution >= 0.6 is 0 Å². The molecular weight excluding hydrogens is 246 g/mol. The number of nitrogens with zero attached hydrogens (tertiary/aromatic N) is 3. The summed E-state index contributed by atoms with van der Waals surface area (Å²) in [5.74, 6) is 0. The maximum Gasteiger partial charge on any atom is 0.0236 e. The molecule has 3 heteroatoms. The van der Waals surface area contributed by atoms with Crippen molar-refractivity contribution < 1.29 is 0 Å². The molecule has 0 unspecified atom stereocenters. The monoisotopic (exact) mass is 273 g/mol. The zero-order chi connectivity index (χ0) is 13.8. The van der Waals surface area contributed by atoms with Crippen LogP contribution in [0.4, 0.5) is 0 Å². The molecule has 0 saturated carbocycles. The molecule has 0 aliphatic carbocycles. The molecular formula is C17H27N3. The van der Waals surface area contributed by atoms with Gasteiger partial charge >= 0.3 is 0 Å². The lowest BCUT2D eigenvalue weighted by Gasteiger charge is -2.33. The van der Waals surface area contributed by atoms with Crippen molar-refractivity contribution in [2.45, 2.75) is 19.4 Å². The van der Waals surface area contributed by atoms with E-state index < -0.39 is 0 Å². The Labute approximate surface area is 123 Å². The van der Waals surface area contributed by atoms with Crippen LogP contribution in [0, 0.1) is 0 Å². The Morgan fingerprint density at radius 1 is 0.850 bits per heavy atom. The molecule has 3 rings (SSSR count). The average Bonchev–Trinajstić information content (AvgIpc) is 2.49. The number of piperazine rings is 1. The Kier molecular flexibility index (Phi) is 4.71. The van der Waals surface area contributed by atoms with Gasteiger partial charge in [-0.2, -0.15) is 0 Å². The van der Waals surface area contributed by atoms with Crippen molar-refractivity contribution >= 4 is 0 Å². The Morgan fingerprint density at radius 2 is 1.55 bits per heavy atom. The Balaban J connectivity index is 1.40. The highest BCUT2D eigenvalue weighted by Gasteiger charge is 2.16. The van der Waals surface area contributed by atoms with Crippen LogP contribution in [0.3, 0.4) is 0 Å². The number of benzene rings is 1. The molecule has 2 aliphatic heterocycles. The first-order valence-electron chi connectivity index (χ1n) is 8.01. The largest absolute Gasteiger partial charge is 0.304 e. The highest BCUT2D eigenvalue weighted by atomic mass is 15.2. The van der Waals surface area contributed by atoms with Crippen LogP contribution < -0.4 is 0 Å². The van der Waals surface area contributed by atoms with Gasteiger partial charge in [0.15, 0.2) is 0 Å². The number of hydrogen-bond donors (Lipinski definition) is 0. The van der Waals surface area contributed by atoms with E-state index in [2.05, 4.69) is 46.0 Å². The third-order valence-electron chi connectivity index (χ3n) is 4.75. The standard InChI is InChI=1S/C17H27N3/c1-18-11-13-19(14-12-18)8-4-9-20-10-7-16-5-2-3-6-17(16)15-20/h2-3,5-6H,4,7-15H2,1H3. The van der Waals surface area contributed by atoms with Gasteiger partial charge in [0.05, 0.1) is 0 Å². The summed E-state index contributed by atoms with van der Waals surface area (Å²) in [4.78, 5) is 7.67. The van der Waals surface area contributed by atoms with Gasteiger partial charge in [0.25, 0.3) is 0 Å². The van der Waals surface area contributed by atoms with Gasteiger partial charge in [-0.3, -0.25) is 4.90 Å². The van der Waals surface area contributed by atoms with Gasteiger partial charge in [0.2, 0.25) is 0 Å². The van der Waals surface area contributed by atoms with E-state index in [1.807, 2.05) is 0 Å². The third-order valence-corrected chi connectivity index (χ3v) is 4.75. The van der Waals surface area contributed by atoms with Gasteiger partial charge in [-0.25, -0.2) is 0 Å². The fourth-order valence-corrected chi connectivity index (χ4v) is 3.33. The second kappa shape index (κ2) is 6.70. The Hall–Kier alpha value is -0.900. The molecule has 0 radical (unpaired) electrons. The highest BCUT2D eigenvalue weighted by molar-refractivity contribution is 5.28. The van der Waals surface area contributed by atoms with E-state index in [1.54, 1.807) is 11.1 Å². The summed E-state index contributed by atoms with van der Waals surface area (Å²) < 4.78 is 0. The molecule has 1 aromatic carbocycles. The van der Waals surface area contributed by atoms with E-state index in [1.165, 1.54) is 58.7 Å². The van der Waals surface area contributed by atoms with Gasteiger partial charge in [-0.1, -0.05) is 24.3 Å². The molecule has 0 bridgehead atoms. The van der Waals surface area contributed by atoms with E-state index in [0.717, 1.165) is 6.54 Å². The van der Waals surface area contributed by atoms with Crippen LogP contribution in [0.1, 0.15) is 17.5 Å². The van der Waals surface area contributed by atoms with Crippen molar-refractivity contribution in [3.05, 3.63) is 35.4 Å². The van der Waals surface area contributed by atoms with Gasteiger partial charge in [0.1, 0.15) is 0 Å². The molecule has 0 N–H and O–H groups in total. The van der Waals surface area contributed by atoms with Crippen LogP contribution in [-0.2, 0) is 13.0 Å². The predicted molar refractivity (Wildman–Crippen MR) is 84.0 cm³/mol. The zero-order valence-electron chi connectivity index (χ0n) is 12.7. The minimum Gasteiger partial charge on any atom is -0.304 e. The minimum absolute atomic E-state index is 1.15. The topological polar surface area (TPSA) is 9.72 Å². The highest BCUT2D eigenvalue weighted by Crippen LogP contribution is 2.18. The summed E-state index contributed by atoms with van der Waals surface area (Å²) in [6, 6.07) is 8.92. The molecule has 0 spiro atoms. The number of fused-ring (bicyclic) bond motifs is 1. The minimum atomic E-state index is 1.15. The van der Waals surface area contributed by atoms with Gasteiger partial charge in [-0.15, -0.1) is 0 Å². The van der Waals surface area contributed by atoms with Crippen molar-refractivity contribution in [3.63, 3.8) is 0 Å². The van der Waals surface area contributed by atoms with E-state index in [4.69, 9.17) is 0 Å². The second-order valence-electron chi connectivity index (χ2n) is 6.29. The lowest BCUT2D eigenvalue weighted by atomic mass is 10.00. The molecule has 1 fully saturated rings. The fraction of sp³-hybridized carbons (Fsp3) is 0.647. The fourth-order valence-electron chi connectivity index (χ4n) is 3.33. The third kappa shape index (κ3) is 3.60. The summed E-state index contributed by atoms with van der Waals surface area (Å²) in [6.07, 6.45) is 2.54. The number of likely N-dealkylation sites (N-methyl/N-ethyl adjacent to an activating group) is 1. The second-order valence-corrected chi connectivity index (χ2v) is 6.29. The quantitative estimate of drug-likeness (QED) is 0.826. The summed E-state index contributed by atoms with van der Waals surface area (Å²) in [7, 11) is 2.22. The smallest absolute Gasteiger partial charge is 0.0236 e. The molecule has 2 heterocycles. The number of rotatable bonds is 4. The summed E-state index contributed by atoms with van der Waals surface area (Å²) >= 11 is 0. The molecule has 1 saturated heterocycles. The normalized spacial score (nSPS) is 21.9. The predicted octanol–water partition coefficient (Wildman–Crippen LogP) is 1.68. The van der Waals surface area contributed by atoms with Crippen molar-refractivity contribution in [2.75, 3.05) is 52.9 Å². The summed E-state index contributed by atoms with van der Waals surface area (Å²) in [5, 5.41) is 0. The first kappa shape index (κ1) is 14.1. The van der Waals surface area contributed by atoms with E-state index in [-0.39, 0.29) is 0 Å². The molecule has 0 atom stereocenters. The molecule has 2 aliphatic rings. The lowest BCUT2D eigenvalue weighted by Crippen LogP contribution is -2.45. The van der Waals surface area contributed by atoms with Crippen molar-refractivity contribution in [3.8, 4) is 0 Å². The van der Waals surface area contributed by atoms with E-state index in [9.17, 15) is 0 Å². The van der Waals surface area contributed by atoms with Crippen LogP contribution in [0.5, 0.6) is 0 Å². The van der Waals surface area contributed by atoms with Gasteiger partial charge in [-0.05, 0) is 44.1 Å². The molecule has 110 valence electrons. The lowest BCUT2D eigenvalue weighted by molar-refractivity contribution is 0.144. The van der Waals surface area contributed by atoms with Crippen molar-refractivity contribution in [1.82, 2.24) is 14.7 Å². The molecule has 0 amide bonds. The molecule has 20 heavy (non-hydrogen) atoms. The summed E-state index contributed by atoms with van der Waals surface area (Å²) in [5.41, 5.74) is 3.10. The number of hydrogen-bond acceptors (Lipinski definition) is 3. The molecule has 0 aromatic heterocycles. The molecule has 1 aromatic rings. The van der Waals surface area contributed by atoms with Crippen LogP contribution in [0.15, 0.2) is 24.3 Å². The van der Waals surface area contributed by atoms with Crippen molar-refractivity contribution in [2.24, 2.45) is 0 Å². The van der Waals surface area contributed by atoms with Crippen LogP contribution in [-0.4, -0.2) is 67.6 Å². The van der Waals surface area contributed by atoms with Crippen LogP contribution in [0.2, 0.25) is 0 Å². The maximum atomic E-state index is 2.62. The van der Waals surface area contributed by atoms with Crippen molar-refractivity contribution in [1.29, 1.82) is 0 Å². The SMILES string of the molecule is CN1CCN(CCCN2CCc3ccccc3C2)CC1. The van der Waals surface area contributed by atoms with E-state index in [0.29, 0.717) is 0 Å². The first-order chi connectivity index (χ1) is 9.81. The van der Waals surface area contributed by atoms with E-state index >= 15 is 0 Å². The zero-order valence-corrected chi connectivity index (χ0v) is 12.7. The molecule has 3 nitrogen and oxygen atoms in total. The Morgan fingerprint density at radius 3 is 2.35 bits per heavy atom. The van der Waals surface area contributed by atoms with Crippen LogP contribution in [0.25, 0.3) is 0 Å². The maximum absolute atomic E-state index is 2.62. The van der Waals surface area contributed by atoms with Gasteiger partial charge in [0, 0.05) is 39.3 Å². The average molecular weight is 273 g/mol. The first-order valence-corrected chi connectivity index (χ1v) is 8.01. The summed E-state index contributed by atoms with van der Waals surface area (Å²) in [6.45, 7) is 9.87.